The number of fused-ring (bicyclic) bond motifs is 1. The van der Waals surface area contributed by atoms with E-state index in [1.54, 1.807) is 0 Å². The molecule has 1 unspecified atom stereocenters. The van der Waals surface area contributed by atoms with Gasteiger partial charge in [-0.15, -0.1) is 0 Å². The average Bonchev–Trinajstić information content (AvgIpc) is 2.43. The number of amides is 1. The molecular formula is C16H21NO2. The molecule has 0 aromatic heterocycles. The molecule has 2 rings (SSSR count). The predicted molar refractivity (Wildman–Crippen MR) is 76.0 cm³/mol. The molecule has 0 spiro atoms. The van der Waals surface area contributed by atoms with Gasteiger partial charge in [0.05, 0.1) is 12.6 Å². The van der Waals surface area contributed by atoms with Crippen LogP contribution in [0.15, 0.2) is 36.9 Å². The minimum Gasteiger partial charge on any atom is -0.493 e. The Morgan fingerprint density at radius 2 is 2.26 bits per heavy atom. The van der Waals surface area contributed by atoms with Crippen LogP contribution in [0.3, 0.4) is 0 Å². The fourth-order valence-electron chi connectivity index (χ4n) is 2.53. The molecular weight excluding hydrogens is 238 g/mol. The number of benzene rings is 1. The maximum Gasteiger partial charge on any atom is 0.246 e. The normalized spacial score (nSPS) is 17.5. The molecule has 0 radical (unpaired) electrons. The van der Waals surface area contributed by atoms with Crippen molar-refractivity contribution >= 4 is 5.91 Å². The SMILES string of the molecule is C=CC(=O)N(CC(C)C)C1CCOc2ccccc21. The Hall–Kier alpha value is -1.77. The van der Waals surface area contributed by atoms with Gasteiger partial charge in [0, 0.05) is 18.5 Å². The van der Waals surface area contributed by atoms with E-state index >= 15 is 0 Å². The lowest BCUT2D eigenvalue weighted by Gasteiger charge is -2.36. The van der Waals surface area contributed by atoms with Gasteiger partial charge < -0.3 is 9.64 Å². The molecule has 0 N–H and O–H groups in total. The molecule has 19 heavy (non-hydrogen) atoms. The van der Waals surface area contributed by atoms with Crippen LogP contribution in [0, 0.1) is 5.92 Å². The van der Waals surface area contributed by atoms with Crippen molar-refractivity contribution in [2.24, 2.45) is 5.92 Å². The summed E-state index contributed by atoms with van der Waals surface area (Å²) in [4.78, 5) is 14.0. The summed E-state index contributed by atoms with van der Waals surface area (Å²) in [5.41, 5.74) is 1.10. The van der Waals surface area contributed by atoms with Crippen LogP contribution in [0.5, 0.6) is 5.75 Å². The number of carbonyl (C=O) groups is 1. The van der Waals surface area contributed by atoms with E-state index < -0.39 is 0 Å². The second-order valence-electron chi connectivity index (χ2n) is 5.28. The molecule has 3 nitrogen and oxygen atoms in total. The molecule has 0 fully saturated rings. The summed E-state index contributed by atoms with van der Waals surface area (Å²) in [6.45, 7) is 9.25. The Balaban J connectivity index is 2.32. The van der Waals surface area contributed by atoms with Crippen LogP contribution in [0.4, 0.5) is 0 Å². The second-order valence-corrected chi connectivity index (χ2v) is 5.28. The Kier molecular flexibility index (Phi) is 4.25. The number of hydrogen-bond acceptors (Lipinski definition) is 2. The van der Waals surface area contributed by atoms with Crippen LogP contribution < -0.4 is 4.74 Å². The molecule has 1 amide bonds. The zero-order chi connectivity index (χ0) is 13.8. The van der Waals surface area contributed by atoms with Crippen LogP contribution in [-0.2, 0) is 4.79 Å². The van der Waals surface area contributed by atoms with E-state index in [1.807, 2.05) is 29.2 Å². The smallest absolute Gasteiger partial charge is 0.246 e. The highest BCUT2D eigenvalue weighted by molar-refractivity contribution is 5.87. The Bertz CT molecular complexity index is 468. The van der Waals surface area contributed by atoms with Crippen LogP contribution in [0.2, 0.25) is 0 Å². The maximum atomic E-state index is 12.1. The summed E-state index contributed by atoms with van der Waals surface area (Å²) >= 11 is 0. The van der Waals surface area contributed by atoms with Crippen molar-refractivity contribution in [2.45, 2.75) is 26.3 Å². The van der Waals surface area contributed by atoms with E-state index in [-0.39, 0.29) is 11.9 Å². The molecule has 0 saturated carbocycles. The predicted octanol–water partition coefficient (Wildman–Crippen LogP) is 3.18. The number of carbonyl (C=O) groups excluding carboxylic acids is 1. The number of ether oxygens (including phenoxy) is 1. The highest BCUT2D eigenvalue weighted by Gasteiger charge is 2.29. The van der Waals surface area contributed by atoms with E-state index in [0.29, 0.717) is 12.5 Å². The molecule has 0 bridgehead atoms. The Morgan fingerprint density at radius 1 is 1.53 bits per heavy atom. The second kappa shape index (κ2) is 5.91. The molecule has 1 aliphatic rings. The fourth-order valence-corrected chi connectivity index (χ4v) is 2.53. The summed E-state index contributed by atoms with van der Waals surface area (Å²) in [5.74, 6) is 1.32. The van der Waals surface area contributed by atoms with E-state index in [1.165, 1.54) is 6.08 Å². The van der Waals surface area contributed by atoms with E-state index in [4.69, 9.17) is 4.74 Å². The summed E-state index contributed by atoms with van der Waals surface area (Å²) in [6, 6.07) is 8.06. The van der Waals surface area contributed by atoms with Crippen molar-refractivity contribution in [2.75, 3.05) is 13.2 Å². The molecule has 3 heteroatoms. The van der Waals surface area contributed by atoms with Crippen molar-refractivity contribution in [3.8, 4) is 5.75 Å². The van der Waals surface area contributed by atoms with Gasteiger partial charge in [-0.1, -0.05) is 38.6 Å². The molecule has 0 saturated heterocycles. The van der Waals surface area contributed by atoms with Crippen LogP contribution in [-0.4, -0.2) is 24.0 Å². The largest absolute Gasteiger partial charge is 0.493 e. The molecule has 102 valence electrons. The summed E-state index contributed by atoms with van der Waals surface area (Å²) in [5, 5.41) is 0. The van der Waals surface area contributed by atoms with Crippen molar-refractivity contribution in [3.63, 3.8) is 0 Å². The minimum atomic E-state index is -0.00426. The maximum absolute atomic E-state index is 12.1. The zero-order valence-electron chi connectivity index (χ0n) is 11.6. The van der Waals surface area contributed by atoms with E-state index in [0.717, 1.165) is 24.3 Å². The lowest BCUT2D eigenvalue weighted by atomic mass is 9.97. The number of rotatable bonds is 4. The molecule has 1 aromatic rings. The quantitative estimate of drug-likeness (QED) is 0.777. The highest BCUT2D eigenvalue weighted by Crippen LogP contribution is 2.36. The molecule has 1 aliphatic heterocycles. The van der Waals surface area contributed by atoms with Gasteiger partial charge in [-0.3, -0.25) is 4.79 Å². The number of para-hydroxylation sites is 1. The monoisotopic (exact) mass is 259 g/mol. The van der Waals surface area contributed by atoms with Crippen molar-refractivity contribution in [1.82, 2.24) is 4.90 Å². The van der Waals surface area contributed by atoms with Gasteiger partial charge in [-0.05, 0) is 18.1 Å². The van der Waals surface area contributed by atoms with Gasteiger partial charge in [-0.2, -0.15) is 0 Å². The third-order valence-corrected chi connectivity index (χ3v) is 3.32. The first kappa shape index (κ1) is 13.7. The first-order valence-corrected chi connectivity index (χ1v) is 6.78. The zero-order valence-corrected chi connectivity index (χ0v) is 11.6. The van der Waals surface area contributed by atoms with Crippen LogP contribution in [0.25, 0.3) is 0 Å². The van der Waals surface area contributed by atoms with Gasteiger partial charge >= 0.3 is 0 Å². The van der Waals surface area contributed by atoms with Gasteiger partial charge in [0.2, 0.25) is 5.91 Å². The Labute approximate surface area is 114 Å². The minimum absolute atomic E-state index is 0.00426. The first-order chi connectivity index (χ1) is 9.13. The van der Waals surface area contributed by atoms with E-state index in [2.05, 4.69) is 20.4 Å². The topological polar surface area (TPSA) is 29.5 Å². The van der Waals surface area contributed by atoms with Crippen LogP contribution >= 0.6 is 0 Å². The molecule has 0 aliphatic carbocycles. The van der Waals surface area contributed by atoms with Gasteiger partial charge in [0.15, 0.2) is 0 Å². The fraction of sp³-hybridized carbons (Fsp3) is 0.438. The third kappa shape index (κ3) is 2.98. The average molecular weight is 259 g/mol. The van der Waals surface area contributed by atoms with Gasteiger partial charge in [0.25, 0.3) is 0 Å². The van der Waals surface area contributed by atoms with Gasteiger partial charge in [-0.25, -0.2) is 0 Å². The molecule has 1 heterocycles. The number of nitrogens with zero attached hydrogens (tertiary/aromatic N) is 1. The molecule has 1 aromatic carbocycles. The highest BCUT2D eigenvalue weighted by atomic mass is 16.5. The van der Waals surface area contributed by atoms with Crippen molar-refractivity contribution in [3.05, 3.63) is 42.5 Å². The summed E-state index contributed by atoms with van der Waals surface area (Å²) in [7, 11) is 0. The van der Waals surface area contributed by atoms with Gasteiger partial charge in [0.1, 0.15) is 5.75 Å². The molecule has 1 atom stereocenters. The first-order valence-electron chi connectivity index (χ1n) is 6.78. The summed E-state index contributed by atoms with van der Waals surface area (Å²) < 4.78 is 5.66. The Morgan fingerprint density at radius 3 is 2.95 bits per heavy atom. The van der Waals surface area contributed by atoms with Crippen molar-refractivity contribution in [1.29, 1.82) is 0 Å². The van der Waals surface area contributed by atoms with Crippen molar-refractivity contribution < 1.29 is 9.53 Å². The van der Waals surface area contributed by atoms with Crippen LogP contribution in [0.1, 0.15) is 31.9 Å². The lowest BCUT2D eigenvalue weighted by molar-refractivity contribution is -0.129. The standard InChI is InChI=1S/C16H21NO2/c1-4-16(18)17(11-12(2)3)14-9-10-19-15-8-6-5-7-13(14)15/h4-8,12,14H,1,9-11H2,2-3H3. The van der Waals surface area contributed by atoms with E-state index in [9.17, 15) is 4.79 Å². The third-order valence-electron chi connectivity index (χ3n) is 3.32. The summed E-state index contributed by atoms with van der Waals surface area (Å²) in [6.07, 6.45) is 2.24. The number of hydrogen-bond donors (Lipinski definition) is 0. The lowest BCUT2D eigenvalue weighted by Crippen LogP contribution is -2.38.